The predicted octanol–water partition coefficient (Wildman–Crippen LogP) is 7.40. The minimum atomic E-state index is -4.67. The molecule has 6 heterocycles. The molecule has 0 bridgehead atoms. The summed E-state index contributed by atoms with van der Waals surface area (Å²) >= 11 is 6.25. The molecule has 17 nitrogen and oxygen atoms in total. The Bertz CT molecular complexity index is 2900. The Hall–Kier alpha value is -5.76. The fourth-order valence-corrected chi connectivity index (χ4v) is 11.6. The Balaban J connectivity index is 0.852. The van der Waals surface area contributed by atoms with E-state index in [4.69, 9.17) is 25.8 Å². The number of carbonyl (C=O) groups is 1. The first-order valence-electron chi connectivity index (χ1n) is 23.7. The van der Waals surface area contributed by atoms with Crippen LogP contribution < -0.4 is 24.4 Å². The molecule has 2 atom stereocenters. The first-order valence-corrected chi connectivity index (χ1v) is 25.5. The number of H-pyrrole nitrogens is 1. The lowest BCUT2D eigenvalue weighted by molar-refractivity contribution is -0.384. The first-order chi connectivity index (χ1) is 33.1. The van der Waals surface area contributed by atoms with E-state index < -0.39 is 31.4 Å². The number of halogens is 1. The number of nitro benzene ring substituents is 1. The molecular formula is C50H58ClN9O8S. The van der Waals surface area contributed by atoms with Crippen LogP contribution in [0.25, 0.3) is 16.6 Å². The third-order valence-electron chi connectivity index (χ3n) is 14.2. The molecule has 1 aliphatic carbocycles. The molecule has 3 fully saturated rings. The highest BCUT2D eigenvalue weighted by atomic mass is 35.5. The van der Waals surface area contributed by atoms with Gasteiger partial charge >= 0.3 is 0 Å². The Labute approximate surface area is 406 Å². The van der Waals surface area contributed by atoms with Crippen molar-refractivity contribution in [1.82, 2.24) is 29.4 Å². The third kappa shape index (κ3) is 10.3. The number of nitro groups is 1. The number of nitrogens with one attached hydrogen (secondary N) is 3. The maximum Gasteiger partial charge on any atom is 0.297 e. The summed E-state index contributed by atoms with van der Waals surface area (Å²) in [7, 11) is -4.67. The van der Waals surface area contributed by atoms with E-state index in [2.05, 4.69) is 72.5 Å². The number of sulfonamides is 1. The van der Waals surface area contributed by atoms with E-state index in [1.165, 1.54) is 29.0 Å². The van der Waals surface area contributed by atoms with Crippen molar-refractivity contribution < 1.29 is 32.3 Å². The van der Waals surface area contributed by atoms with Crippen molar-refractivity contribution in [2.45, 2.75) is 63.1 Å². The van der Waals surface area contributed by atoms with Gasteiger partial charge in [-0.05, 0) is 79.1 Å². The zero-order valence-corrected chi connectivity index (χ0v) is 40.7. The van der Waals surface area contributed by atoms with Gasteiger partial charge in [-0.3, -0.25) is 29.6 Å². The molecule has 364 valence electrons. The van der Waals surface area contributed by atoms with Crippen molar-refractivity contribution >= 4 is 61.2 Å². The molecule has 0 spiro atoms. The summed E-state index contributed by atoms with van der Waals surface area (Å²) in [5, 5.41) is 17.3. The Morgan fingerprint density at radius 2 is 1.78 bits per heavy atom. The molecule has 69 heavy (non-hydrogen) atoms. The van der Waals surface area contributed by atoms with Crippen LogP contribution in [-0.2, 0) is 14.8 Å². The zero-order chi connectivity index (χ0) is 48.0. The van der Waals surface area contributed by atoms with Crippen molar-refractivity contribution in [2.24, 2.45) is 5.41 Å². The number of amides is 1. The van der Waals surface area contributed by atoms with E-state index in [0.29, 0.717) is 43.1 Å². The second-order valence-corrected chi connectivity index (χ2v) is 21.9. The zero-order valence-electron chi connectivity index (χ0n) is 39.1. The molecule has 4 aliphatic heterocycles. The second-order valence-electron chi connectivity index (χ2n) is 19.8. The number of hydrogen-bond donors (Lipinski definition) is 3. The largest absolute Gasteiger partial charge is 0.489 e. The van der Waals surface area contributed by atoms with Crippen LogP contribution >= 0.6 is 11.6 Å². The molecule has 3 N–H and O–H groups in total. The quantitative estimate of drug-likeness (QED) is 0.0782. The number of pyridine rings is 1. The molecule has 0 saturated carbocycles. The van der Waals surface area contributed by atoms with E-state index >= 15 is 0 Å². The van der Waals surface area contributed by atoms with Gasteiger partial charge in [0.2, 0.25) is 0 Å². The number of carbonyl (C=O) groups excluding carboxylic acids is 1. The van der Waals surface area contributed by atoms with Crippen LogP contribution in [0.5, 0.6) is 17.2 Å². The van der Waals surface area contributed by atoms with E-state index in [9.17, 15) is 23.3 Å². The molecule has 0 radical (unpaired) electrons. The van der Waals surface area contributed by atoms with Crippen LogP contribution in [0.4, 0.5) is 17.1 Å². The van der Waals surface area contributed by atoms with Crippen molar-refractivity contribution in [1.29, 1.82) is 0 Å². The molecule has 3 saturated heterocycles. The summed E-state index contributed by atoms with van der Waals surface area (Å²) in [5.74, 6) is -0.506. The maximum absolute atomic E-state index is 14.2. The second kappa shape index (κ2) is 19.2. The lowest BCUT2D eigenvalue weighted by Gasteiger charge is -2.47. The fourth-order valence-electron chi connectivity index (χ4n) is 10.5. The minimum absolute atomic E-state index is 0.0128. The molecule has 19 heteroatoms. The molecule has 1 amide bonds. The first kappa shape index (κ1) is 46.9. The summed E-state index contributed by atoms with van der Waals surface area (Å²) in [6.07, 6.45) is 6.46. The van der Waals surface area contributed by atoms with Gasteiger partial charge in [0, 0.05) is 105 Å². The van der Waals surface area contributed by atoms with Gasteiger partial charge in [0.25, 0.3) is 21.6 Å². The van der Waals surface area contributed by atoms with Crippen LogP contribution in [0.15, 0.2) is 89.6 Å². The van der Waals surface area contributed by atoms with Gasteiger partial charge in [0.15, 0.2) is 11.4 Å². The van der Waals surface area contributed by atoms with Crippen molar-refractivity contribution in [3.63, 3.8) is 0 Å². The van der Waals surface area contributed by atoms with Gasteiger partial charge in [-0.15, -0.1) is 0 Å². The summed E-state index contributed by atoms with van der Waals surface area (Å²) < 4.78 is 48.0. The average molecular weight is 981 g/mol. The summed E-state index contributed by atoms with van der Waals surface area (Å²) in [4.78, 5) is 42.5. The average Bonchev–Trinajstić information content (AvgIpc) is 3.77. The Kier molecular flexibility index (Phi) is 13.1. The molecule has 2 aromatic heterocycles. The van der Waals surface area contributed by atoms with Crippen molar-refractivity contribution in [3.05, 3.63) is 111 Å². The lowest BCUT2D eigenvalue weighted by Crippen LogP contribution is -2.61. The van der Waals surface area contributed by atoms with Crippen LogP contribution in [0.3, 0.4) is 0 Å². The van der Waals surface area contributed by atoms with Gasteiger partial charge in [-0.1, -0.05) is 43.2 Å². The number of allylic oxidation sites excluding steroid dienone is 1. The molecule has 5 aromatic rings. The van der Waals surface area contributed by atoms with E-state index in [-0.39, 0.29) is 40.8 Å². The number of anilines is 2. The van der Waals surface area contributed by atoms with Gasteiger partial charge in [0.1, 0.15) is 23.8 Å². The molecule has 5 aliphatic rings. The summed E-state index contributed by atoms with van der Waals surface area (Å²) in [6.45, 7) is 15.6. The molecular weight excluding hydrogens is 922 g/mol. The van der Waals surface area contributed by atoms with Crippen LogP contribution in [0, 0.1) is 15.5 Å². The lowest BCUT2D eigenvalue weighted by atomic mass is 9.73. The number of aromatic nitrogens is 2. The van der Waals surface area contributed by atoms with E-state index in [1.54, 1.807) is 30.5 Å². The standard InChI is InChI=1S/C50H58ClN9O8S/c1-32-26-57(16-19-59(32)39-30-66-31-39)28-37-29-67-46-23-41(22-44(60(62)63)47(46)54-37)69(64,65)55-49(61)43-9-8-38(21-45(43)68-40-20-34-11-13-52-48(34)53-25-40)58-17-14-56(15-18-58)27-35-24-50(2,3)12-10-42(35)33-4-6-36(51)7-5-33/h4-9,11,13,20-23,25,32,37,39,54H,10,12,14-19,24,26-31H2,1-3H3,(H,52,53)(H,55,61). The molecule has 2 unspecified atom stereocenters. The number of fused-ring (bicyclic) bond motifs is 2. The smallest absolute Gasteiger partial charge is 0.297 e. The highest BCUT2D eigenvalue weighted by molar-refractivity contribution is 7.90. The van der Waals surface area contributed by atoms with Gasteiger partial charge < -0.3 is 29.4 Å². The van der Waals surface area contributed by atoms with Gasteiger partial charge in [-0.25, -0.2) is 18.1 Å². The Morgan fingerprint density at radius 3 is 2.52 bits per heavy atom. The SMILES string of the molecule is CC1CN(CC2COc3cc(S(=O)(=O)NC(=O)c4ccc(N5CCN(CC6=C(c7ccc(Cl)cc7)CCC(C)(C)C6)CC5)cc4Oc4cnc5[nH]ccc5c4)cc([N+](=O)[O-])c3N2)CCN1C1COC1. The number of aromatic amines is 1. The van der Waals surface area contributed by atoms with Crippen molar-refractivity contribution in [3.8, 4) is 17.2 Å². The third-order valence-corrected chi connectivity index (χ3v) is 15.8. The predicted molar refractivity (Wildman–Crippen MR) is 265 cm³/mol. The van der Waals surface area contributed by atoms with E-state index in [0.717, 1.165) is 93.9 Å². The number of benzene rings is 3. The topological polar surface area (TPSA) is 188 Å². The van der Waals surface area contributed by atoms with Gasteiger partial charge in [0.05, 0.1) is 46.9 Å². The van der Waals surface area contributed by atoms with E-state index in [1.807, 2.05) is 18.2 Å². The van der Waals surface area contributed by atoms with Crippen molar-refractivity contribution in [2.75, 3.05) is 88.9 Å². The summed E-state index contributed by atoms with van der Waals surface area (Å²) in [5.41, 5.74) is 5.34. The highest BCUT2D eigenvalue weighted by Crippen LogP contribution is 2.44. The fraction of sp³-hybridized carbons (Fsp3) is 0.440. The number of hydrogen-bond acceptors (Lipinski definition) is 14. The van der Waals surface area contributed by atoms with Crippen LogP contribution in [-0.4, -0.2) is 141 Å². The van der Waals surface area contributed by atoms with Crippen LogP contribution in [0.1, 0.15) is 56.0 Å². The number of nitrogens with zero attached hydrogens (tertiary/aromatic N) is 6. The normalized spacial score (nSPS) is 21.5. The summed E-state index contributed by atoms with van der Waals surface area (Å²) in [6, 6.07) is 19.5. The maximum atomic E-state index is 14.2. The minimum Gasteiger partial charge on any atom is -0.489 e. The molecule has 10 rings (SSSR count). The van der Waals surface area contributed by atoms with Gasteiger partial charge in [-0.2, -0.15) is 0 Å². The Morgan fingerprint density at radius 1 is 1.00 bits per heavy atom. The highest BCUT2D eigenvalue weighted by Gasteiger charge is 2.37. The number of piperazine rings is 2. The number of rotatable bonds is 13. The monoisotopic (exact) mass is 979 g/mol. The molecule has 3 aromatic carbocycles. The number of ether oxygens (including phenoxy) is 3. The van der Waals surface area contributed by atoms with Crippen LogP contribution in [0.2, 0.25) is 5.02 Å².